The number of aromatic nitrogens is 2. The smallest absolute Gasteiger partial charge is 0.253 e. The van der Waals surface area contributed by atoms with Gasteiger partial charge in [-0.15, -0.1) is 0 Å². The van der Waals surface area contributed by atoms with Crippen LogP contribution in [-0.2, 0) is 4.74 Å². The van der Waals surface area contributed by atoms with E-state index < -0.39 is 0 Å². The average Bonchev–Trinajstić information content (AvgIpc) is 3.25. The second-order valence-corrected chi connectivity index (χ2v) is 7.37. The number of hydroxylamine groups is 1. The molecule has 0 bridgehead atoms. The van der Waals surface area contributed by atoms with Crippen molar-refractivity contribution in [2.24, 2.45) is 4.99 Å². The highest BCUT2D eigenvalue weighted by atomic mass is 16.5. The normalized spacial score (nSPS) is 15.4. The van der Waals surface area contributed by atoms with E-state index in [2.05, 4.69) is 25.6 Å². The number of ether oxygens (including phenoxy) is 1. The number of carbonyl (C=O) groups is 1. The second kappa shape index (κ2) is 9.69. The van der Waals surface area contributed by atoms with Crippen LogP contribution in [0.25, 0.3) is 10.9 Å². The van der Waals surface area contributed by atoms with Gasteiger partial charge in [0, 0.05) is 50.8 Å². The summed E-state index contributed by atoms with van der Waals surface area (Å²) < 4.78 is 5.13. The Labute approximate surface area is 180 Å². The molecule has 0 spiro atoms. The number of piperazine rings is 1. The summed E-state index contributed by atoms with van der Waals surface area (Å²) in [6, 6.07) is 14.7. The fourth-order valence-corrected chi connectivity index (χ4v) is 3.67. The molecule has 1 aliphatic heterocycles. The van der Waals surface area contributed by atoms with Crippen LogP contribution in [-0.4, -0.2) is 83.4 Å². The van der Waals surface area contributed by atoms with Gasteiger partial charge >= 0.3 is 0 Å². The monoisotopic (exact) mass is 422 g/mol. The number of benzene rings is 2. The lowest BCUT2D eigenvalue weighted by Gasteiger charge is -2.34. The molecule has 2 aromatic carbocycles. The predicted octanol–water partition coefficient (Wildman–Crippen LogP) is 2.02. The summed E-state index contributed by atoms with van der Waals surface area (Å²) in [5.41, 5.74) is 4.59. The third kappa shape index (κ3) is 4.74. The van der Waals surface area contributed by atoms with E-state index >= 15 is 0 Å². The Kier molecular flexibility index (Phi) is 6.56. The molecular weight excluding hydrogens is 396 g/mol. The summed E-state index contributed by atoms with van der Waals surface area (Å²) in [6.07, 6.45) is 0. The number of rotatable bonds is 6. The topological polar surface area (TPSA) is 106 Å². The molecule has 0 atom stereocenters. The molecule has 9 heteroatoms. The number of para-hydroxylation sites is 1. The fourth-order valence-electron chi connectivity index (χ4n) is 3.67. The molecule has 1 amide bonds. The molecule has 0 saturated carbocycles. The van der Waals surface area contributed by atoms with Crippen molar-refractivity contribution in [3.05, 3.63) is 59.8 Å². The molecule has 1 saturated heterocycles. The van der Waals surface area contributed by atoms with Crippen molar-refractivity contribution >= 4 is 28.3 Å². The molecule has 1 aromatic heterocycles. The molecule has 1 fully saturated rings. The molecule has 3 N–H and O–H groups in total. The Morgan fingerprint density at radius 1 is 1.19 bits per heavy atom. The highest BCUT2D eigenvalue weighted by Gasteiger charge is 2.23. The number of hydrogen-bond donors (Lipinski definition) is 3. The number of hydrogen-bond acceptors (Lipinski definition) is 6. The number of methoxy groups -OCH3 is 1. The number of carbonyl (C=O) groups excluding carboxylic acids is 1. The summed E-state index contributed by atoms with van der Waals surface area (Å²) in [4.78, 5) is 21.7. The molecule has 0 unspecified atom stereocenters. The zero-order chi connectivity index (χ0) is 21.6. The van der Waals surface area contributed by atoms with Crippen LogP contribution in [0, 0.1) is 0 Å². The zero-order valence-electron chi connectivity index (χ0n) is 17.4. The van der Waals surface area contributed by atoms with Crippen molar-refractivity contribution in [2.75, 3.05) is 46.4 Å². The third-order valence-corrected chi connectivity index (χ3v) is 5.41. The molecule has 162 valence electrons. The van der Waals surface area contributed by atoms with Crippen LogP contribution < -0.4 is 5.48 Å². The average molecular weight is 422 g/mol. The van der Waals surface area contributed by atoms with Crippen LogP contribution in [0.1, 0.15) is 16.1 Å². The van der Waals surface area contributed by atoms with Crippen LogP contribution in [0.4, 0.5) is 5.69 Å². The van der Waals surface area contributed by atoms with Crippen LogP contribution in [0.3, 0.4) is 0 Å². The van der Waals surface area contributed by atoms with Gasteiger partial charge in [-0.25, -0.2) is 4.99 Å². The Morgan fingerprint density at radius 3 is 2.68 bits per heavy atom. The first-order chi connectivity index (χ1) is 15.2. The summed E-state index contributed by atoms with van der Waals surface area (Å²) in [5, 5.41) is 17.6. The van der Waals surface area contributed by atoms with E-state index in [9.17, 15) is 10.0 Å². The van der Waals surface area contributed by atoms with Crippen molar-refractivity contribution in [3.63, 3.8) is 0 Å². The standard InChI is InChI=1S/C22H26N6O3/c1-31-14-13-27-9-11-28(12-10-27)22(29)16-7-8-19-18(15-16)20(25-24-19)21(26-30)23-17-5-3-2-4-6-17/h2-8,15,30H,9-14H2,1H3,(H,23,26)(H,24,25). The maximum absolute atomic E-state index is 13.1. The zero-order valence-corrected chi connectivity index (χ0v) is 17.4. The molecule has 9 nitrogen and oxygen atoms in total. The van der Waals surface area contributed by atoms with Gasteiger partial charge in [0.1, 0.15) is 5.69 Å². The molecule has 1 aliphatic rings. The third-order valence-electron chi connectivity index (χ3n) is 5.41. The van der Waals surface area contributed by atoms with Gasteiger partial charge in [0.2, 0.25) is 0 Å². The summed E-state index contributed by atoms with van der Waals surface area (Å²) in [5.74, 6) is 0.188. The van der Waals surface area contributed by atoms with Gasteiger partial charge in [0.15, 0.2) is 5.84 Å². The molecule has 4 rings (SSSR count). The Morgan fingerprint density at radius 2 is 1.97 bits per heavy atom. The molecule has 3 aromatic rings. The van der Waals surface area contributed by atoms with E-state index in [-0.39, 0.29) is 11.7 Å². The van der Waals surface area contributed by atoms with Crippen LogP contribution >= 0.6 is 0 Å². The lowest BCUT2D eigenvalue weighted by molar-refractivity contribution is 0.0594. The first-order valence-corrected chi connectivity index (χ1v) is 10.2. The second-order valence-electron chi connectivity index (χ2n) is 7.37. The number of nitrogens with one attached hydrogen (secondary N) is 2. The van der Waals surface area contributed by atoms with Crippen molar-refractivity contribution < 1.29 is 14.7 Å². The largest absolute Gasteiger partial charge is 0.383 e. The van der Waals surface area contributed by atoms with Crippen LogP contribution in [0.15, 0.2) is 53.5 Å². The molecule has 0 radical (unpaired) electrons. The van der Waals surface area contributed by atoms with Crippen molar-refractivity contribution in [2.45, 2.75) is 0 Å². The van der Waals surface area contributed by atoms with E-state index in [1.54, 1.807) is 19.2 Å². The Bertz CT molecular complexity index is 1060. The van der Waals surface area contributed by atoms with Gasteiger partial charge in [0.25, 0.3) is 5.91 Å². The van der Waals surface area contributed by atoms with E-state index in [1.807, 2.05) is 41.3 Å². The predicted molar refractivity (Wildman–Crippen MR) is 118 cm³/mol. The van der Waals surface area contributed by atoms with Crippen molar-refractivity contribution in [3.8, 4) is 0 Å². The maximum atomic E-state index is 13.1. The highest BCUT2D eigenvalue weighted by Crippen LogP contribution is 2.21. The van der Waals surface area contributed by atoms with Crippen LogP contribution in [0.2, 0.25) is 0 Å². The number of amidine groups is 1. The molecular formula is C22H26N6O3. The first kappa shape index (κ1) is 21.0. The van der Waals surface area contributed by atoms with E-state index in [0.29, 0.717) is 42.0 Å². The number of nitrogens with zero attached hydrogens (tertiary/aromatic N) is 4. The highest BCUT2D eigenvalue weighted by molar-refractivity contribution is 6.09. The van der Waals surface area contributed by atoms with Gasteiger partial charge in [0.05, 0.1) is 17.8 Å². The lowest BCUT2D eigenvalue weighted by atomic mass is 10.1. The first-order valence-electron chi connectivity index (χ1n) is 10.2. The summed E-state index contributed by atoms with van der Waals surface area (Å²) >= 11 is 0. The van der Waals surface area contributed by atoms with Gasteiger partial charge in [-0.05, 0) is 30.3 Å². The van der Waals surface area contributed by atoms with Gasteiger partial charge < -0.3 is 9.64 Å². The number of amides is 1. The van der Waals surface area contributed by atoms with Gasteiger partial charge in [-0.2, -0.15) is 5.10 Å². The summed E-state index contributed by atoms with van der Waals surface area (Å²) in [7, 11) is 1.70. The van der Waals surface area contributed by atoms with E-state index in [4.69, 9.17) is 4.74 Å². The SMILES string of the molecule is COCCN1CCN(C(=O)c2ccc3[nH]nc(C(=Nc4ccccc4)NO)c3c2)CC1. The number of fused-ring (bicyclic) bond motifs is 1. The number of H-pyrrole nitrogens is 1. The molecule has 31 heavy (non-hydrogen) atoms. The van der Waals surface area contributed by atoms with Crippen LogP contribution in [0.5, 0.6) is 0 Å². The minimum Gasteiger partial charge on any atom is -0.383 e. The minimum atomic E-state index is -0.0149. The number of aromatic amines is 1. The maximum Gasteiger partial charge on any atom is 0.253 e. The molecule has 2 heterocycles. The van der Waals surface area contributed by atoms with Gasteiger partial charge in [-0.3, -0.25) is 25.5 Å². The minimum absolute atomic E-state index is 0.0149. The Hall–Kier alpha value is -3.27. The van der Waals surface area contributed by atoms with Crippen molar-refractivity contribution in [1.29, 1.82) is 0 Å². The van der Waals surface area contributed by atoms with Crippen molar-refractivity contribution in [1.82, 2.24) is 25.5 Å². The fraction of sp³-hybridized carbons (Fsp3) is 0.318. The molecule has 0 aliphatic carbocycles. The summed E-state index contributed by atoms with van der Waals surface area (Å²) in [6.45, 7) is 4.59. The lowest BCUT2D eigenvalue weighted by Crippen LogP contribution is -2.49. The Balaban J connectivity index is 1.56. The van der Waals surface area contributed by atoms with E-state index in [1.165, 1.54) is 0 Å². The quantitative estimate of drug-likeness (QED) is 0.319. The van der Waals surface area contributed by atoms with Gasteiger partial charge in [-0.1, -0.05) is 18.2 Å². The number of aliphatic imine (C=N–C) groups is 1. The van der Waals surface area contributed by atoms with E-state index in [0.717, 1.165) is 25.2 Å².